The number of urea groups is 1. The van der Waals surface area contributed by atoms with Crippen LogP contribution in [0.5, 0.6) is 0 Å². The van der Waals surface area contributed by atoms with Gasteiger partial charge < -0.3 is 16.2 Å². The van der Waals surface area contributed by atoms with Crippen LogP contribution in [0.3, 0.4) is 0 Å². The number of fused-ring (bicyclic) bond motifs is 1. The zero-order valence-electron chi connectivity index (χ0n) is 17.4. The average molecular weight is 457 g/mol. The summed E-state index contributed by atoms with van der Waals surface area (Å²) in [7, 11) is 0. The van der Waals surface area contributed by atoms with Gasteiger partial charge in [-0.25, -0.2) is 9.69 Å². The monoisotopic (exact) mass is 456 g/mol. The summed E-state index contributed by atoms with van der Waals surface area (Å²) in [6, 6.07) is 9.40. The van der Waals surface area contributed by atoms with Gasteiger partial charge in [-0.1, -0.05) is 24.3 Å². The standard InChI is InChI=1S/C22H24N4O5S/c1-12-6-2-3-7-13(12)26-18(27)15-16(19(26)28)22(20(29)30,9-5-10-24-21(23)31)25-17(15)14-8-4-11-32-14/h2-4,6-8,11,15-17,25H,5,9-10H2,1H3,(H,29,30)(H3,23,24,31). The Labute approximate surface area is 188 Å². The van der Waals surface area contributed by atoms with Gasteiger partial charge in [0.25, 0.3) is 0 Å². The van der Waals surface area contributed by atoms with E-state index in [0.717, 1.165) is 15.3 Å². The summed E-state index contributed by atoms with van der Waals surface area (Å²) < 4.78 is 0. The van der Waals surface area contributed by atoms with Gasteiger partial charge in [-0.05, 0) is 42.8 Å². The molecule has 0 saturated carbocycles. The first kappa shape index (κ1) is 22.0. The van der Waals surface area contributed by atoms with Crippen LogP contribution in [-0.4, -0.2) is 41.0 Å². The number of carboxylic acid groups (broad SMARTS) is 1. The first-order chi connectivity index (χ1) is 15.3. The van der Waals surface area contributed by atoms with Crippen LogP contribution >= 0.6 is 11.3 Å². The van der Waals surface area contributed by atoms with Crippen molar-refractivity contribution in [2.45, 2.75) is 31.3 Å². The van der Waals surface area contributed by atoms with Crippen LogP contribution < -0.4 is 21.3 Å². The lowest BCUT2D eigenvalue weighted by atomic mass is 9.77. The maximum atomic E-state index is 13.6. The quantitative estimate of drug-likeness (QED) is 0.370. The molecule has 32 heavy (non-hydrogen) atoms. The number of hydrogen-bond acceptors (Lipinski definition) is 6. The number of benzene rings is 1. The number of carbonyl (C=O) groups is 4. The van der Waals surface area contributed by atoms with Gasteiger partial charge in [-0.3, -0.25) is 19.7 Å². The first-order valence-corrected chi connectivity index (χ1v) is 11.2. The Hall–Kier alpha value is -3.24. The summed E-state index contributed by atoms with van der Waals surface area (Å²) in [5, 5.41) is 17.7. The Kier molecular flexibility index (Phi) is 5.74. The molecule has 2 aliphatic heterocycles. The van der Waals surface area contributed by atoms with Gasteiger partial charge in [0, 0.05) is 11.4 Å². The largest absolute Gasteiger partial charge is 0.480 e. The number of hydrogen-bond donors (Lipinski definition) is 4. The average Bonchev–Trinajstić information content (AvgIpc) is 3.44. The van der Waals surface area contributed by atoms with Crippen LogP contribution in [0.4, 0.5) is 10.5 Å². The number of thiophene rings is 1. The second kappa shape index (κ2) is 8.36. The van der Waals surface area contributed by atoms with Crippen molar-refractivity contribution in [2.75, 3.05) is 11.4 Å². The molecule has 2 aromatic rings. The molecule has 2 fully saturated rings. The van der Waals surface area contributed by atoms with E-state index < -0.39 is 47.2 Å². The molecule has 168 valence electrons. The van der Waals surface area contributed by atoms with E-state index in [4.69, 9.17) is 5.73 Å². The van der Waals surface area contributed by atoms with Crippen LogP contribution in [-0.2, 0) is 14.4 Å². The van der Waals surface area contributed by atoms with Crippen molar-refractivity contribution in [1.82, 2.24) is 10.6 Å². The van der Waals surface area contributed by atoms with Crippen LogP contribution in [0.1, 0.15) is 29.3 Å². The number of nitrogens with one attached hydrogen (secondary N) is 2. The van der Waals surface area contributed by atoms with Crippen molar-refractivity contribution >= 4 is 40.8 Å². The normalized spacial score (nSPS) is 26.9. The molecule has 1 aromatic heterocycles. The second-order valence-corrected chi connectivity index (χ2v) is 9.09. The van der Waals surface area contributed by atoms with E-state index in [1.165, 1.54) is 11.3 Å². The molecule has 0 aliphatic carbocycles. The van der Waals surface area contributed by atoms with Crippen molar-refractivity contribution in [3.63, 3.8) is 0 Å². The molecule has 0 bridgehead atoms. The minimum absolute atomic E-state index is 0.0479. The number of nitrogens with zero attached hydrogens (tertiary/aromatic N) is 1. The molecular weight excluding hydrogens is 432 g/mol. The molecule has 9 nitrogen and oxygen atoms in total. The maximum Gasteiger partial charge on any atom is 0.324 e. The molecule has 4 unspecified atom stereocenters. The summed E-state index contributed by atoms with van der Waals surface area (Å²) in [5.74, 6) is -4.04. The Morgan fingerprint density at radius 1 is 1.22 bits per heavy atom. The second-order valence-electron chi connectivity index (χ2n) is 8.11. The lowest BCUT2D eigenvalue weighted by Gasteiger charge is -2.31. The van der Waals surface area contributed by atoms with Crippen molar-refractivity contribution in [3.05, 3.63) is 52.2 Å². The number of rotatable bonds is 7. The fourth-order valence-electron chi connectivity index (χ4n) is 4.88. The van der Waals surface area contributed by atoms with E-state index in [1.54, 1.807) is 25.1 Å². The Bertz CT molecular complexity index is 1070. The fourth-order valence-corrected chi connectivity index (χ4v) is 5.70. The summed E-state index contributed by atoms with van der Waals surface area (Å²) in [6.45, 7) is 1.97. The van der Waals surface area contributed by atoms with Crippen LogP contribution in [0.25, 0.3) is 0 Å². The van der Waals surface area contributed by atoms with Crippen LogP contribution in [0, 0.1) is 18.8 Å². The van der Waals surface area contributed by atoms with Gasteiger partial charge in [0.1, 0.15) is 5.54 Å². The summed E-state index contributed by atoms with van der Waals surface area (Å²) in [4.78, 5) is 52.8. The predicted molar refractivity (Wildman–Crippen MR) is 118 cm³/mol. The van der Waals surface area contributed by atoms with E-state index in [2.05, 4.69) is 10.6 Å². The van der Waals surface area contributed by atoms with Gasteiger partial charge in [-0.15, -0.1) is 11.3 Å². The number of para-hydroxylation sites is 1. The van der Waals surface area contributed by atoms with E-state index in [9.17, 15) is 24.3 Å². The molecule has 2 saturated heterocycles. The van der Waals surface area contributed by atoms with Crippen molar-refractivity contribution < 1.29 is 24.3 Å². The number of carboxylic acids is 1. The number of nitrogens with two attached hydrogens (primary N) is 1. The van der Waals surface area contributed by atoms with Gasteiger partial charge in [0.05, 0.1) is 23.6 Å². The molecule has 2 aliphatic rings. The third kappa shape index (κ3) is 3.45. The third-order valence-corrected chi connectivity index (χ3v) is 7.24. The lowest BCUT2D eigenvalue weighted by molar-refractivity contribution is -0.149. The molecule has 4 rings (SSSR count). The van der Waals surface area contributed by atoms with Crippen LogP contribution in [0.15, 0.2) is 41.8 Å². The Balaban J connectivity index is 1.76. The zero-order valence-corrected chi connectivity index (χ0v) is 18.2. The highest BCUT2D eigenvalue weighted by molar-refractivity contribution is 7.10. The van der Waals surface area contributed by atoms with E-state index in [1.807, 2.05) is 23.6 Å². The molecule has 10 heteroatoms. The number of imide groups is 1. The molecule has 0 spiro atoms. The fraction of sp³-hybridized carbons (Fsp3) is 0.364. The molecule has 4 amide bonds. The molecule has 0 radical (unpaired) electrons. The molecular formula is C22H24N4O5S. The number of carbonyl (C=O) groups excluding carboxylic acids is 3. The number of amides is 4. The maximum absolute atomic E-state index is 13.6. The molecule has 3 heterocycles. The smallest absolute Gasteiger partial charge is 0.324 e. The predicted octanol–water partition coefficient (Wildman–Crippen LogP) is 1.78. The highest BCUT2D eigenvalue weighted by Crippen LogP contribution is 2.52. The van der Waals surface area contributed by atoms with E-state index >= 15 is 0 Å². The summed E-state index contributed by atoms with van der Waals surface area (Å²) in [6.07, 6.45) is 0.320. The van der Waals surface area contributed by atoms with Gasteiger partial charge in [0.2, 0.25) is 11.8 Å². The van der Waals surface area contributed by atoms with E-state index in [-0.39, 0.29) is 19.4 Å². The number of primary amides is 1. The molecule has 4 atom stereocenters. The first-order valence-electron chi connectivity index (χ1n) is 10.3. The van der Waals surface area contributed by atoms with Gasteiger partial charge in [0.15, 0.2) is 0 Å². The lowest BCUT2D eigenvalue weighted by Crippen LogP contribution is -2.56. The topological polar surface area (TPSA) is 142 Å². The Morgan fingerprint density at radius 2 is 1.97 bits per heavy atom. The van der Waals surface area contributed by atoms with Gasteiger partial charge >= 0.3 is 12.0 Å². The van der Waals surface area contributed by atoms with Crippen LogP contribution in [0.2, 0.25) is 0 Å². The molecule has 5 N–H and O–H groups in total. The van der Waals surface area contributed by atoms with Crippen molar-refractivity contribution in [2.24, 2.45) is 17.6 Å². The summed E-state index contributed by atoms with van der Waals surface area (Å²) >= 11 is 1.41. The minimum atomic E-state index is -1.65. The van der Waals surface area contributed by atoms with Crippen molar-refractivity contribution in [1.29, 1.82) is 0 Å². The van der Waals surface area contributed by atoms with E-state index in [0.29, 0.717) is 5.69 Å². The highest BCUT2D eigenvalue weighted by atomic mass is 32.1. The Morgan fingerprint density at radius 3 is 2.59 bits per heavy atom. The SMILES string of the molecule is Cc1ccccc1N1C(=O)C2C(c3cccs3)NC(CCCNC(N)=O)(C(=O)O)C2C1=O. The van der Waals surface area contributed by atoms with Crippen molar-refractivity contribution in [3.8, 4) is 0 Å². The van der Waals surface area contributed by atoms with Gasteiger partial charge in [-0.2, -0.15) is 0 Å². The zero-order chi connectivity index (χ0) is 23.0. The number of anilines is 1. The number of aliphatic carboxylic acids is 1. The highest BCUT2D eigenvalue weighted by Gasteiger charge is 2.68. The number of aryl methyl sites for hydroxylation is 1. The molecule has 1 aromatic carbocycles. The third-order valence-electron chi connectivity index (χ3n) is 6.29. The minimum Gasteiger partial charge on any atom is -0.480 e. The summed E-state index contributed by atoms with van der Waals surface area (Å²) in [5.41, 5.74) is 4.67.